The normalized spacial score (nSPS) is 19.9. The summed E-state index contributed by atoms with van der Waals surface area (Å²) in [5.41, 5.74) is 5.62. The van der Waals surface area contributed by atoms with Crippen LogP contribution in [0.25, 0.3) is 5.65 Å². The van der Waals surface area contributed by atoms with Crippen molar-refractivity contribution in [1.82, 2.24) is 23.7 Å². The lowest BCUT2D eigenvalue weighted by Crippen LogP contribution is -2.56. The Bertz CT molecular complexity index is 1560. The van der Waals surface area contributed by atoms with Crippen LogP contribution in [0.4, 0.5) is 17.1 Å². The second-order valence-electron chi connectivity index (χ2n) is 9.92. The first kappa shape index (κ1) is 22.2. The van der Waals surface area contributed by atoms with Gasteiger partial charge in [-0.15, -0.1) is 5.10 Å². The molecule has 0 aliphatic heterocycles. The Morgan fingerprint density at radius 2 is 2.08 bits per heavy atom. The topological polar surface area (TPSA) is 90.4 Å². The minimum atomic E-state index is -0.0974. The molecule has 2 bridgehead atoms. The number of hydrogen-bond acceptors (Lipinski definition) is 6. The molecule has 2 N–H and O–H groups in total. The highest BCUT2D eigenvalue weighted by Gasteiger charge is 2.59. The first-order valence-electron chi connectivity index (χ1n) is 12.0. The molecule has 0 atom stereocenters. The molecular weight excluding hydrogens is 454 g/mol. The van der Waals surface area contributed by atoms with Gasteiger partial charge in [0.2, 0.25) is 0 Å². The number of anilines is 3. The summed E-state index contributed by atoms with van der Waals surface area (Å²) in [6.45, 7) is 8.07. The molecule has 3 saturated carbocycles. The van der Waals surface area contributed by atoms with Crippen LogP contribution in [0.2, 0.25) is 0 Å². The highest BCUT2D eigenvalue weighted by molar-refractivity contribution is 5.75. The number of aromatic nitrogens is 5. The van der Waals surface area contributed by atoms with Gasteiger partial charge in [0.25, 0.3) is 5.88 Å². The second-order valence-corrected chi connectivity index (χ2v) is 9.92. The monoisotopic (exact) mass is 483 g/mol. The van der Waals surface area contributed by atoms with E-state index in [0.29, 0.717) is 35.1 Å². The maximum absolute atomic E-state index is 13.8. The molecule has 3 aromatic heterocycles. The largest absolute Gasteiger partial charge is 0.478 e. The summed E-state index contributed by atoms with van der Waals surface area (Å²) in [5.74, 6) is 1.26. The van der Waals surface area contributed by atoms with Crippen molar-refractivity contribution in [3.05, 3.63) is 89.5 Å². The van der Waals surface area contributed by atoms with Gasteiger partial charge in [-0.2, -0.15) is 0 Å². The van der Waals surface area contributed by atoms with Gasteiger partial charge in [-0.3, -0.25) is 9.25 Å². The molecule has 0 spiro atoms. The van der Waals surface area contributed by atoms with Crippen LogP contribution >= 0.6 is 0 Å². The zero-order valence-electron chi connectivity index (χ0n) is 20.5. The Balaban J connectivity index is 1.44. The van der Waals surface area contributed by atoms with Crippen LogP contribution in [-0.4, -0.2) is 30.8 Å². The molecule has 4 aromatic rings. The second kappa shape index (κ2) is 8.15. The van der Waals surface area contributed by atoms with Gasteiger partial charge >= 0.3 is 5.69 Å². The van der Waals surface area contributed by atoms with Crippen molar-refractivity contribution in [1.29, 1.82) is 0 Å². The number of imidazole rings is 1. The molecule has 9 nitrogen and oxygen atoms in total. The molecule has 0 unspecified atom stereocenters. The smallest absolute Gasteiger partial charge is 0.334 e. The van der Waals surface area contributed by atoms with Crippen LogP contribution in [0, 0.1) is 5.92 Å². The minimum Gasteiger partial charge on any atom is -0.478 e. The van der Waals surface area contributed by atoms with Crippen LogP contribution in [0.5, 0.6) is 5.88 Å². The van der Waals surface area contributed by atoms with Crippen LogP contribution in [0.15, 0.2) is 72.6 Å². The molecule has 1 aromatic carbocycles. The third-order valence-corrected chi connectivity index (χ3v) is 7.40. The van der Waals surface area contributed by atoms with E-state index in [2.05, 4.69) is 28.9 Å². The predicted octanol–water partition coefficient (Wildman–Crippen LogP) is 4.19. The van der Waals surface area contributed by atoms with Gasteiger partial charge in [0.15, 0.2) is 5.65 Å². The third-order valence-electron chi connectivity index (χ3n) is 7.40. The van der Waals surface area contributed by atoms with Gasteiger partial charge in [-0.1, -0.05) is 25.3 Å². The summed E-state index contributed by atoms with van der Waals surface area (Å²) in [6, 6.07) is 7.94. The van der Waals surface area contributed by atoms with E-state index in [0.717, 1.165) is 42.1 Å². The molecule has 3 aliphatic carbocycles. The van der Waals surface area contributed by atoms with E-state index in [1.54, 1.807) is 26.8 Å². The Hall–Kier alpha value is -4.27. The number of rotatable bonds is 9. The van der Waals surface area contributed by atoms with Crippen LogP contribution < -0.4 is 21.1 Å². The molecule has 184 valence electrons. The zero-order chi connectivity index (χ0) is 25.0. The average Bonchev–Trinajstić information content (AvgIpc) is 3.39. The van der Waals surface area contributed by atoms with Gasteiger partial charge in [0.05, 0.1) is 37.4 Å². The van der Waals surface area contributed by atoms with Gasteiger partial charge in [-0.05, 0) is 49.0 Å². The molecule has 3 heterocycles. The average molecular weight is 484 g/mol. The van der Waals surface area contributed by atoms with Crippen molar-refractivity contribution in [2.75, 3.05) is 17.7 Å². The van der Waals surface area contributed by atoms with Crippen molar-refractivity contribution < 1.29 is 4.74 Å². The highest BCUT2D eigenvalue weighted by Crippen LogP contribution is 2.64. The van der Waals surface area contributed by atoms with E-state index < -0.39 is 0 Å². The van der Waals surface area contributed by atoms with E-state index in [9.17, 15) is 4.79 Å². The summed E-state index contributed by atoms with van der Waals surface area (Å²) in [5, 5.41) is 11.0. The van der Waals surface area contributed by atoms with Gasteiger partial charge < -0.3 is 15.4 Å². The summed E-state index contributed by atoms with van der Waals surface area (Å²) in [4.78, 5) is 18.5. The number of methoxy groups -OCH3 is 1. The molecule has 7 rings (SSSR count). The zero-order valence-corrected chi connectivity index (χ0v) is 20.5. The molecule has 9 heteroatoms. The number of fused-ring (bicyclic) bond motifs is 1. The van der Waals surface area contributed by atoms with Crippen LogP contribution in [0.1, 0.15) is 30.5 Å². The Labute approximate surface area is 208 Å². The van der Waals surface area contributed by atoms with Crippen molar-refractivity contribution >= 4 is 22.7 Å². The summed E-state index contributed by atoms with van der Waals surface area (Å²) >= 11 is 0. The lowest BCUT2D eigenvalue weighted by atomic mass is 9.43. The molecule has 0 radical (unpaired) electrons. The number of nitrogens with zero attached hydrogens (tertiary/aromatic N) is 5. The van der Waals surface area contributed by atoms with Gasteiger partial charge in [0.1, 0.15) is 5.69 Å². The summed E-state index contributed by atoms with van der Waals surface area (Å²) in [7, 11) is 3.42. The fourth-order valence-electron chi connectivity index (χ4n) is 5.53. The first-order chi connectivity index (χ1) is 17.4. The number of hydrogen-bond donors (Lipinski definition) is 2. The maximum atomic E-state index is 13.8. The molecule has 3 aliphatic rings. The lowest BCUT2D eigenvalue weighted by molar-refractivity contribution is -0.0317. The fraction of sp³-hybridized carbons (Fsp3) is 0.296. The van der Waals surface area contributed by atoms with Crippen molar-refractivity contribution in [3.63, 3.8) is 0 Å². The SMILES string of the molecule is C=CC(=C)Nc1cccc(Cn2cc(Nc3cn(C)nc3OC)c3ncc(C45CC(C4)C5)n3c2=O)c1. The van der Waals surface area contributed by atoms with Crippen molar-refractivity contribution in [2.45, 2.75) is 31.2 Å². The van der Waals surface area contributed by atoms with E-state index in [4.69, 9.17) is 9.72 Å². The quantitative estimate of drug-likeness (QED) is 0.347. The third kappa shape index (κ3) is 3.50. The molecule has 3 fully saturated rings. The fourth-order valence-corrected chi connectivity index (χ4v) is 5.53. The number of nitrogens with one attached hydrogen (secondary N) is 2. The van der Waals surface area contributed by atoms with E-state index >= 15 is 0 Å². The Morgan fingerprint density at radius 1 is 1.28 bits per heavy atom. The molecule has 0 amide bonds. The minimum absolute atomic E-state index is 0.0839. The van der Waals surface area contributed by atoms with E-state index in [1.807, 2.05) is 49.9 Å². The number of allylic oxidation sites excluding steroid dienone is 1. The highest BCUT2D eigenvalue weighted by atomic mass is 16.5. The molecule has 0 saturated heterocycles. The number of benzene rings is 1. The van der Waals surface area contributed by atoms with E-state index in [1.165, 1.54) is 0 Å². The number of ether oxygens (including phenoxy) is 1. The number of aryl methyl sites for hydroxylation is 1. The molecular formula is C27H29N7O2. The van der Waals surface area contributed by atoms with Crippen molar-refractivity contribution in [3.8, 4) is 5.88 Å². The summed E-state index contributed by atoms with van der Waals surface area (Å²) < 4.78 is 10.6. The summed E-state index contributed by atoms with van der Waals surface area (Å²) in [6.07, 6.45) is 10.6. The van der Waals surface area contributed by atoms with E-state index in [-0.39, 0.29) is 11.1 Å². The lowest BCUT2D eigenvalue weighted by Gasteiger charge is -2.61. The van der Waals surface area contributed by atoms with Gasteiger partial charge in [-0.25, -0.2) is 14.2 Å². The maximum Gasteiger partial charge on any atom is 0.334 e. The Morgan fingerprint density at radius 3 is 2.78 bits per heavy atom. The first-order valence-corrected chi connectivity index (χ1v) is 12.0. The van der Waals surface area contributed by atoms with Crippen LogP contribution in [-0.2, 0) is 19.0 Å². The predicted molar refractivity (Wildman–Crippen MR) is 140 cm³/mol. The Kier molecular flexibility index (Phi) is 5.03. The molecule has 36 heavy (non-hydrogen) atoms. The van der Waals surface area contributed by atoms with Crippen LogP contribution in [0.3, 0.4) is 0 Å². The van der Waals surface area contributed by atoms with Crippen molar-refractivity contribution in [2.24, 2.45) is 13.0 Å². The van der Waals surface area contributed by atoms with Gasteiger partial charge in [0, 0.05) is 30.0 Å². The standard InChI is InChI=1S/C27H29N7O2/c1-5-17(2)29-20-8-6-7-18(9-20)14-33-16-21(30-22-15-32(3)31-25(22)36-4)24-28-13-23(34(24)26(33)35)27-10-19(11-27)12-27/h5-9,13,15-16,19,29-30H,1-2,10-12,14H2,3-4H3.